The Hall–Kier alpha value is -2.63. The van der Waals surface area contributed by atoms with Crippen molar-refractivity contribution in [2.45, 2.75) is 19.4 Å². The van der Waals surface area contributed by atoms with Gasteiger partial charge in [0.1, 0.15) is 23.9 Å². The van der Waals surface area contributed by atoms with Crippen LogP contribution in [-0.4, -0.2) is 39.9 Å². The maximum atomic E-state index is 5.46. The Labute approximate surface area is 134 Å². The molecular formula is C17H19N5O. The van der Waals surface area contributed by atoms with Crippen molar-refractivity contribution in [3.8, 4) is 5.75 Å². The van der Waals surface area contributed by atoms with Gasteiger partial charge in [0.05, 0.1) is 18.8 Å². The van der Waals surface area contributed by atoms with Gasteiger partial charge in [-0.2, -0.15) is 5.10 Å². The molecule has 118 valence electrons. The summed E-state index contributed by atoms with van der Waals surface area (Å²) >= 11 is 0. The summed E-state index contributed by atoms with van der Waals surface area (Å²) in [6, 6.07) is 6.47. The molecule has 0 radical (unpaired) electrons. The van der Waals surface area contributed by atoms with Crippen molar-refractivity contribution in [1.82, 2.24) is 19.7 Å². The highest BCUT2D eigenvalue weighted by atomic mass is 16.5. The van der Waals surface area contributed by atoms with E-state index in [1.54, 1.807) is 19.8 Å². The number of rotatable bonds is 3. The van der Waals surface area contributed by atoms with Gasteiger partial charge < -0.3 is 9.64 Å². The first-order valence-corrected chi connectivity index (χ1v) is 7.79. The van der Waals surface area contributed by atoms with Crippen molar-refractivity contribution in [2.75, 3.05) is 25.1 Å². The Kier molecular flexibility index (Phi) is 3.37. The lowest BCUT2D eigenvalue weighted by Crippen LogP contribution is -2.22. The molecule has 3 heterocycles. The minimum absolute atomic E-state index is 0.366. The summed E-state index contributed by atoms with van der Waals surface area (Å²) in [6.07, 6.45) is 6.40. The van der Waals surface area contributed by atoms with Gasteiger partial charge in [-0.3, -0.25) is 4.98 Å². The van der Waals surface area contributed by atoms with Crippen molar-refractivity contribution >= 4 is 16.6 Å². The van der Waals surface area contributed by atoms with E-state index in [2.05, 4.69) is 33.0 Å². The van der Waals surface area contributed by atoms with E-state index in [0.29, 0.717) is 6.04 Å². The second kappa shape index (κ2) is 5.53. The van der Waals surface area contributed by atoms with Crippen LogP contribution in [0.3, 0.4) is 0 Å². The molecule has 1 fully saturated rings. The third-order valence-corrected chi connectivity index (χ3v) is 4.53. The summed E-state index contributed by atoms with van der Waals surface area (Å²) in [7, 11) is 1.69. The third-order valence-electron chi connectivity index (χ3n) is 4.53. The number of fused-ring (bicyclic) bond motifs is 1. The van der Waals surface area contributed by atoms with Gasteiger partial charge in [0.25, 0.3) is 0 Å². The van der Waals surface area contributed by atoms with Crippen LogP contribution in [0.2, 0.25) is 0 Å². The van der Waals surface area contributed by atoms with Gasteiger partial charge in [-0.05, 0) is 25.0 Å². The zero-order valence-electron chi connectivity index (χ0n) is 13.3. The first kappa shape index (κ1) is 14.0. The van der Waals surface area contributed by atoms with E-state index >= 15 is 0 Å². The zero-order chi connectivity index (χ0) is 15.8. The average Bonchev–Trinajstić information content (AvgIpc) is 3.25. The molecule has 0 spiro atoms. The second-order valence-electron chi connectivity index (χ2n) is 5.91. The SMILES string of the molecule is COc1cccc2c(N3CCC(n4cncn4)C3)c(C)cnc12. The number of para-hydroxylation sites is 1. The van der Waals surface area contributed by atoms with E-state index < -0.39 is 0 Å². The van der Waals surface area contributed by atoms with Crippen molar-refractivity contribution in [2.24, 2.45) is 0 Å². The maximum Gasteiger partial charge on any atom is 0.145 e. The number of aromatic nitrogens is 4. The Morgan fingerprint density at radius 2 is 2.22 bits per heavy atom. The fourth-order valence-corrected chi connectivity index (χ4v) is 3.43. The van der Waals surface area contributed by atoms with Gasteiger partial charge in [-0.1, -0.05) is 12.1 Å². The number of hydrogen-bond acceptors (Lipinski definition) is 5. The average molecular weight is 309 g/mol. The normalized spacial score (nSPS) is 17.8. The predicted molar refractivity (Wildman–Crippen MR) is 88.9 cm³/mol. The van der Waals surface area contributed by atoms with Crippen LogP contribution in [0, 0.1) is 6.92 Å². The number of nitrogens with zero attached hydrogens (tertiary/aromatic N) is 5. The quantitative estimate of drug-likeness (QED) is 0.744. The number of aryl methyl sites for hydroxylation is 1. The minimum Gasteiger partial charge on any atom is -0.494 e. The molecule has 0 bridgehead atoms. The molecule has 0 N–H and O–H groups in total. The summed E-state index contributed by atoms with van der Waals surface area (Å²) in [5.41, 5.74) is 3.35. The molecule has 6 nitrogen and oxygen atoms in total. The van der Waals surface area contributed by atoms with E-state index in [9.17, 15) is 0 Å². The highest BCUT2D eigenvalue weighted by Gasteiger charge is 2.27. The Morgan fingerprint density at radius 3 is 3.00 bits per heavy atom. The summed E-state index contributed by atoms with van der Waals surface area (Å²) in [5.74, 6) is 0.816. The molecule has 1 atom stereocenters. The van der Waals surface area contributed by atoms with E-state index in [1.807, 2.05) is 23.0 Å². The van der Waals surface area contributed by atoms with Crippen LogP contribution < -0.4 is 9.64 Å². The van der Waals surface area contributed by atoms with Gasteiger partial charge in [0.2, 0.25) is 0 Å². The monoisotopic (exact) mass is 309 g/mol. The molecule has 1 unspecified atom stereocenters. The summed E-state index contributed by atoms with van der Waals surface area (Å²) < 4.78 is 7.42. The molecule has 3 aromatic rings. The molecule has 0 saturated carbocycles. The zero-order valence-corrected chi connectivity index (χ0v) is 13.3. The highest BCUT2D eigenvalue weighted by Crippen LogP contribution is 2.36. The summed E-state index contributed by atoms with van der Waals surface area (Å²) in [5, 5.41) is 5.43. The fraction of sp³-hybridized carbons (Fsp3) is 0.353. The van der Waals surface area contributed by atoms with Gasteiger partial charge in [-0.15, -0.1) is 0 Å². The van der Waals surface area contributed by atoms with Gasteiger partial charge >= 0.3 is 0 Å². The number of hydrogen-bond donors (Lipinski definition) is 0. The molecule has 6 heteroatoms. The van der Waals surface area contributed by atoms with Gasteiger partial charge in [0.15, 0.2) is 0 Å². The van der Waals surface area contributed by atoms with Crippen molar-refractivity contribution in [1.29, 1.82) is 0 Å². The van der Waals surface area contributed by atoms with Crippen LogP contribution in [-0.2, 0) is 0 Å². The largest absolute Gasteiger partial charge is 0.494 e. The molecule has 23 heavy (non-hydrogen) atoms. The Bertz CT molecular complexity index is 830. The van der Waals surface area contributed by atoms with Gasteiger partial charge in [0, 0.05) is 24.7 Å². The predicted octanol–water partition coefficient (Wildman–Crippen LogP) is 2.59. The van der Waals surface area contributed by atoms with E-state index in [0.717, 1.165) is 36.2 Å². The number of ether oxygens (including phenoxy) is 1. The van der Waals surface area contributed by atoms with Crippen molar-refractivity contribution in [3.05, 3.63) is 42.6 Å². The number of anilines is 1. The molecule has 2 aromatic heterocycles. The van der Waals surface area contributed by atoms with E-state index in [1.165, 1.54) is 11.3 Å². The Balaban J connectivity index is 1.76. The molecule has 0 amide bonds. The van der Waals surface area contributed by atoms with Crippen molar-refractivity contribution < 1.29 is 4.74 Å². The number of methoxy groups -OCH3 is 1. The standard InChI is InChI=1S/C17H19N5O/c1-12-8-19-16-14(4-3-5-15(16)23-2)17(12)21-7-6-13(9-21)22-11-18-10-20-22/h3-5,8,10-11,13H,6-7,9H2,1-2H3. The molecule has 1 aliphatic rings. The fourth-order valence-electron chi connectivity index (χ4n) is 3.43. The van der Waals surface area contributed by atoms with Crippen LogP contribution in [0.4, 0.5) is 5.69 Å². The first-order chi connectivity index (χ1) is 11.3. The maximum absolute atomic E-state index is 5.46. The molecule has 1 aliphatic heterocycles. The van der Waals surface area contributed by atoms with E-state index in [4.69, 9.17) is 4.74 Å². The van der Waals surface area contributed by atoms with Crippen molar-refractivity contribution in [3.63, 3.8) is 0 Å². The summed E-state index contributed by atoms with van der Waals surface area (Å²) in [4.78, 5) is 11.1. The minimum atomic E-state index is 0.366. The van der Waals surface area contributed by atoms with E-state index in [-0.39, 0.29) is 0 Å². The summed E-state index contributed by atoms with van der Waals surface area (Å²) in [6.45, 7) is 4.05. The third kappa shape index (κ3) is 2.30. The lowest BCUT2D eigenvalue weighted by Gasteiger charge is -2.23. The topological polar surface area (TPSA) is 56.1 Å². The lowest BCUT2D eigenvalue weighted by atomic mass is 10.1. The first-order valence-electron chi connectivity index (χ1n) is 7.79. The van der Waals surface area contributed by atoms with Crippen LogP contribution in [0.5, 0.6) is 5.75 Å². The van der Waals surface area contributed by atoms with Gasteiger partial charge in [-0.25, -0.2) is 9.67 Å². The lowest BCUT2D eigenvalue weighted by molar-refractivity contribution is 0.419. The molecule has 1 saturated heterocycles. The molecule has 1 aromatic carbocycles. The number of benzene rings is 1. The molecule has 4 rings (SSSR count). The number of pyridine rings is 1. The smallest absolute Gasteiger partial charge is 0.145 e. The Morgan fingerprint density at radius 1 is 1.30 bits per heavy atom. The molecule has 0 aliphatic carbocycles. The highest BCUT2D eigenvalue weighted by molar-refractivity contribution is 5.96. The molecular weight excluding hydrogens is 290 g/mol. The van der Waals surface area contributed by atoms with Crippen LogP contribution in [0.25, 0.3) is 10.9 Å². The second-order valence-corrected chi connectivity index (χ2v) is 5.91. The van der Waals surface area contributed by atoms with Crippen LogP contribution >= 0.6 is 0 Å². The van der Waals surface area contributed by atoms with Crippen LogP contribution in [0.1, 0.15) is 18.0 Å². The van der Waals surface area contributed by atoms with Crippen LogP contribution in [0.15, 0.2) is 37.1 Å².